The Morgan fingerprint density at radius 3 is 2.85 bits per heavy atom. The molecule has 2 saturated heterocycles. The molecule has 3 aromatic heterocycles. The second-order valence-electron chi connectivity index (χ2n) is 7.17. The summed E-state index contributed by atoms with van der Waals surface area (Å²) in [6, 6.07) is 4.35. The molecule has 140 valence electrons. The Morgan fingerprint density at radius 2 is 2.19 bits per heavy atom. The van der Waals surface area contributed by atoms with Crippen LogP contribution in [0.1, 0.15) is 25.7 Å². The maximum absolute atomic E-state index is 9.58. The van der Waals surface area contributed by atoms with Crippen LogP contribution < -0.4 is 10.2 Å². The molecule has 0 aliphatic carbocycles. The first-order valence-corrected chi connectivity index (χ1v) is 9.10. The van der Waals surface area contributed by atoms with Crippen LogP contribution in [0.25, 0.3) is 11.0 Å². The largest absolute Gasteiger partial charge is 0.388 e. The molecule has 0 amide bonds. The summed E-state index contributed by atoms with van der Waals surface area (Å²) < 4.78 is 7.46. The van der Waals surface area contributed by atoms with E-state index < -0.39 is 0 Å². The number of anilines is 3. The lowest BCUT2D eigenvalue weighted by atomic mass is 9.95. The number of aliphatic hydroxyl groups is 1. The summed E-state index contributed by atoms with van der Waals surface area (Å²) in [4.78, 5) is 20.0. The van der Waals surface area contributed by atoms with Gasteiger partial charge in [-0.3, -0.25) is 0 Å². The molecule has 3 aromatic rings. The minimum Gasteiger partial charge on any atom is -0.388 e. The number of imidazole rings is 1. The van der Waals surface area contributed by atoms with Crippen molar-refractivity contribution in [3.8, 4) is 0 Å². The van der Waals surface area contributed by atoms with Crippen molar-refractivity contribution in [3.63, 3.8) is 0 Å². The zero-order valence-electron chi connectivity index (χ0n) is 15.2. The van der Waals surface area contributed by atoms with Gasteiger partial charge in [0.25, 0.3) is 0 Å². The molecule has 2 aliphatic heterocycles. The van der Waals surface area contributed by atoms with Gasteiger partial charge in [0.2, 0.25) is 5.95 Å². The molecule has 0 spiro atoms. The number of hydrogen-bond donors (Lipinski definition) is 2. The van der Waals surface area contributed by atoms with Crippen LogP contribution in [0.3, 0.4) is 0 Å². The number of morpholine rings is 1. The van der Waals surface area contributed by atoms with Crippen molar-refractivity contribution in [2.24, 2.45) is 0 Å². The molecular formula is C18H21N7O2. The second-order valence-corrected chi connectivity index (χ2v) is 7.17. The van der Waals surface area contributed by atoms with Crippen LogP contribution in [-0.4, -0.2) is 54.9 Å². The number of ether oxygens (including phenoxy) is 1. The fourth-order valence-electron chi connectivity index (χ4n) is 3.70. The molecule has 2 fully saturated rings. The maximum atomic E-state index is 9.58. The fourth-order valence-corrected chi connectivity index (χ4v) is 3.70. The number of fused-ring (bicyclic) bond motifs is 2. The molecule has 5 rings (SSSR count). The highest BCUT2D eigenvalue weighted by atomic mass is 16.5. The van der Waals surface area contributed by atoms with E-state index in [1.165, 1.54) is 0 Å². The first-order chi connectivity index (χ1) is 13.1. The second kappa shape index (κ2) is 6.14. The lowest BCUT2D eigenvalue weighted by Crippen LogP contribution is -2.71. The number of hydrogen-bond acceptors (Lipinski definition) is 8. The first-order valence-electron chi connectivity index (χ1n) is 9.10. The average molecular weight is 367 g/mol. The van der Waals surface area contributed by atoms with Gasteiger partial charge in [0.1, 0.15) is 29.6 Å². The number of rotatable bonds is 5. The zero-order chi connectivity index (χ0) is 18.5. The van der Waals surface area contributed by atoms with Crippen molar-refractivity contribution < 1.29 is 9.84 Å². The molecule has 9 nitrogen and oxygen atoms in total. The van der Waals surface area contributed by atoms with E-state index in [1.807, 2.05) is 16.7 Å². The topological polar surface area (TPSA) is 101 Å². The molecule has 1 unspecified atom stereocenters. The maximum Gasteiger partial charge on any atom is 0.227 e. The van der Waals surface area contributed by atoms with Gasteiger partial charge in [-0.05, 0) is 19.9 Å². The fraction of sp³-hybridized carbons (Fsp3) is 0.444. The summed E-state index contributed by atoms with van der Waals surface area (Å²) in [5.41, 5.74) is 1.69. The van der Waals surface area contributed by atoms with E-state index in [0.29, 0.717) is 35.6 Å². The van der Waals surface area contributed by atoms with Crippen LogP contribution in [-0.2, 0) is 11.3 Å². The van der Waals surface area contributed by atoms with Crippen molar-refractivity contribution in [1.29, 1.82) is 0 Å². The van der Waals surface area contributed by atoms with Crippen molar-refractivity contribution >= 4 is 28.6 Å². The third-order valence-electron chi connectivity index (χ3n) is 5.15. The average Bonchev–Trinajstić information content (AvgIpc) is 3.02. The van der Waals surface area contributed by atoms with Crippen molar-refractivity contribution in [1.82, 2.24) is 24.5 Å². The van der Waals surface area contributed by atoms with E-state index in [2.05, 4.69) is 44.0 Å². The van der Waals surface area contributed by atoms with Crippen LogP contribution in [0.2, 0.25) is 0 Å². The van der Waals surface area contributed by atoms with Crippen LogP contribution in [0.15, 0.2) is 24.5 Å². The Hall–Kier alpha value is -2.78. The number of pyridine rings is 1. The molecule has 5 heterocycles. The van der Waals surface area contributed by atoms with Gasteiger partial charge in [-0.25, -0.2) is 15.0 Å². The molecule has 2 N–H and O–H groups in total. The van der Waals surface area contributed by atoms with E-state index in [-0.39, 0.29) is 12.6 Å². The minimum atomic E-state index is -0.105. The molecule has 0 aromatic carbocycles. The van der Waals surface area contributed by atoms with E-state index in [0.717, 1.165) is 24.2 Å². The highest BCUT2D eigenvalue weighted by Gasteiger charge is 2.48. The van der Waals surface area contributed by atoms with Crippen LogP contribution in [0.5, 0.6) is 0 Å². The standard InChI is InChI=1S/C18H21N7O2/c1-10(2)25-12-5-16(20-6-11(12)21-17(25)8-26)22-15-3-4-19-18(23-15)24-7-14-13(24)9-27-14/h3-6,10,13-14,26H,7-9H2,1-2H3,(H,19,20,22,23)/t13?,14-/m1/s1. The molecule has 27 heavy (non-hydrogen) atoms. The van der Waals surface area contributed by atoms with Crippen molar-refractivity contribution in [3.05, 3.63) is 30.4 Å². The quantitative estimate of drug-likeness (QED) is 0.702. The Balaban J connectivity index is 1.43. The van der Waals surface area contributed by atoms with E-state index in [9.17, 15) is 5.11 Å². The van der Waals surface area contributed by atoms with Crippen molar-refractivity contribution in [2.75, 3.05) is 23.4 Å². The van der Waals surface area contributed by atoms with E-state index >= 15 is 0 Å². The Labute approximate surface area is 156 Å². The molecule has 2 atom stereocenters. The predicted octanol–water partition coefficient (Wildman–Crippen LogP) is 1.63. The molecule has 9 heteroatoms. The van der Waals surface area contributed by atoms with Gasteiger partial charge >= 0.3 is 0 Å². The Morgan fingerprint density at radius 1 is 1.30 bits per heavy atom. The molecule has 0 saturated carbocycles. The summed E-state index contributed by atoms with van der Waals surface area (Å²) in [6.07, 6.45) is 3.80. The Bertz CT molecular complexity index is 1000. The molecule has 0 radical (unpaired) electrons. The molecule has 0 bridgehead atoms. The van der Waals surface area contributed by atoms with Gasteiger partial charge in [0.15, 0.2) is 0 Å². The zero-order valence-corrected chi connectivity index (χ0v) is 15.2. The number of aromatic nitrogens is 5. The van der Waals surface area contributed by atoms with Gasteiger partial charge in [0, 0.05) is 24.8 Å². The van der Waals surface area contributed by atoms with Gasteiger partial charge < -0.3 is 24.6 Å². The SMILES string of the molecule is CC(C)n1c(CO)nc2cnc(Nc3ccnc(N4C[C@H]5OCC54)n3)cc21. The number of aliphatic hydroxyl groups excluding tert-OH is 1. The number of nitrogens with one attached hydrogen (secondary N) is 1. The molecular weight excluding hydrogens is 346 g/mol. The summed E-state index contributed by atoms with van der Waals surface area (Å²) in [7, 11) is 0. The van der Waals surface area contributed by atoms with Gasteiger partial charge in [-0.2, -0.15) is 4.98 Å². The van der Waals surface area contributed by atoms with Crippen LogP contribution >= 0.6 is 0 Å². The summed E-state index contributed by atoms with van der Waals surface area (Å²) in [5, 5.41) is 12.8. The minimum absolute atomic E-state index is 0.105. The van der Waals surface area contributed by atoms with E-state index in [4.69, 9.17) is 4.74 Å². The molecule has 2 aliphatic rings. The lowest BCUT2D eigenvalue weighted by molar-refractivity contribution is -0.114. The van der Waals surface area contributed by atoms with Gasteiger partial charge in [-0.1, -0.05) is 0 Å². The van der Waals surface area contributed by atoms with Crippen LogP contribution in [0.4, 0.5) is 17.6 Å². The van der Waals surface area contributed by atoms with Crippen molar-refractivity contribution in [2.45, 2.75) is 38.6 Å². The third-order valence-corrected chi connectivity index (χ3v) is 5.15. The van der Waals surface area contributed by atoms with Crippen LogP contribution in [0, 0.1) is 0 Å². The van der Waals surface area contributed by atoms with E-state index in [1.54, 1.807) is 12.4 Å². The summed E-state index contributed by atoms with van der Waals surface area (Å²) in [5.74, 6) is 2.71. The monoisotopic (exact) mass is 367 g/mol. The first kappa shape index (κ1) is 16.4. The van der Waals surface area contributed by atoms with Gasteiger partial charge in [0.05, 0.1) is 30.5 Å². The smallest absolute Gasteiger partial charge is 0.227 e. The van der Waals surface area contributed by atoms with Gasteiger partial charge in [-0.15, -0.1) is 0 Å². The lowest BCUT2D eigenvalue weighted by Gasteiger charge is -2.54. The highest BCUT2D eigenvalue weighted by molar-refractivity contribution is 5.79. The summed E-state index contributed by atoms with van der Waals surface area (Å²) in [6.45, 7) is 5.61. The third kappa shape index (κ3) is 2.62. The summed E-state index contributed by atoms with van der Waals surface area (Å²) >= 11 is 0. The Kier molecular flexibility index (Phi) is 3.73. The normalized spacial score (nSPS) is 21.1. The predicted molar refractivity (Wildman–Crippen MR) is 100 cm³/mol. The number of nitrogens with zero attached hydrogens (tertiary/aromatic N) is 6. The highest BCUT2D eigenvalue weighted by Crippen LogP contribution is 2.33.